The van der Waals surface area contributed by atoms with Gasteiger partial charge in [0.15, 0.2) is 0 Å². The summed E-state index contributed by atoms with van der Waals surface area (Å²) in [6, 6.07) is 7.71. The van der Waals surface area contributed by atoms with Crippen LogP contribution >= 0.6 is 11.6 Å². The van der Waals surface area contributed by atoms with Crippen LogP contribution in [0, 0.1) is 24.0 Å². The number of likely N-dealkylation sites (tertiary alicyclic amines) is 1. The molecule has 0 saturated carbocycles. The first-order chi connectivity index (χ1) is 17.1. The molecule has 0 spiro atoms. The average Bonchev–Trinajstić information content (AvgIpc) is 2.85. The SMILES string of the molecule is Cc1cc(OC[C@@]2(CC(=O)N3CCCCC3)CCCN(S(=O)(=O)c3ccc(F)cc3F)C2)ccc1Cl. The van der Waals surface area contributed by atoms with Gasteiger partial charge in [-0.1, -0.05) is 11.6 Å². The lowest BCUT2D eigenvalue weighted by Gasteiger charge is -2.42. The number of rotatable bonds is 7. The highest BCUT2D eigenvalue weighted by molar-refractivity contribution is 7.89. The third kappa shape index (κ3) is 6.01. The van der Waals surface area contributed by atoms with Crippen molar-refractivity contribution in [1.29, 1.82) is 0 Å². The first-order valence-electron chi connectivity index (χ1n) is 12.2. The van der Waals surface area contributed by atoms with Gasteiger partial charge in [-0.05, 0) is 74.9 Å². The van der Waals surface area contributed by atoms with Crippen molar-refractivity contribution in [1.82, 2.24) is 9.21 Å². The van der Waals surface area contributed by atoms with Crippen LogP contribution in [-0.4, -0.2) is 56.3 Å². The van der Waals surface area contributed by atoms with Gasteiger partial charge in [-0.2, -0.15) is 4.31 Å². The van der Waals surface area contributed by atoms with Gasteiger partial charge in [0.2, 0.25) is 15.9 Å². The molecule has 2 saturated heterocycles. The molecule has 2 aliphatic rings. The molecule has 0 aliphatic carbocycles. The minimum Gasteiger partial charge on any atom is -0.493 e. The van der Waals surface area contributed by atoms with E-state index >= 15 is 0 Å². The molecular formula is C26H31ClF2N2O4S. The Hall–Kier alpha value is -2.23. The van der Waals surface area contributed by atoms with E-state index in [-0.39, 0.29) is 32.0 Å². The molecule has 1 atom stereocenters. The van der Waals surface area contributed by atoms with Crippen molar-refractivity contribution in [2.75, 3.05) is 32.8 Å². The quantitative estimate of drug-likeness (QED) is 0.485. The van der Waals surface area contributed by atoms with Gasteiger partial charge in [0, 0.05) is 49.1 Å². The molecule has 0 bridgehead atoms. The fraction of sp³-hybridized carbons (Fsp3) is 0.500. The van der Waals surface area contributed by atoms with E-state index in [4.69, 9.17) is 16.3 Å². The van der Waals surface area contributed by atoms with E-state index in [0.717, 1.165) is 37.0 Å². The summed E-state index contributed by atoms with van der Waals surface area (Å²) in [5, 5.41) is 0.605. The first kappa shape index (κ1) is 26.8. The van der Waals surface area contributed by atoms with Crippen LogP contribution in [-0.2, 0) is 14.8 Å². The molecule has 2 aromatic carbocycles. The lowest BCUT2D eigenvalue weighted by molar-refractivity contribution is -0.136. The van der Waals surface area contributed by atoms with Crippen molar-refractivity contribution in [3.63, 3.8) is 0 Å². The van der Waals surface area contributed by atoms with Gasteiger partial charge < -0.3 is 9.64 Å². The van der Waals surface area contributed by atoms with E-state index in [9.17, 15) is 22.0 Å². The summed E-state index contributed by atoms with van der Waals surface area (Å²) in [6.07, 6.45) is 4.17. The summed E-state index contributed by atoms with van der Waals surface area (Å²) >= 11 is 6.13. The van der Waals surface area contributed by atoms with Gasteiger partial charge in [0.05, 0.1) is 6.61 Å². The Balaban J connectivity index is 1.60. The Kier molecular flexibility index (Phi) is 8.22. The number of halogens is 3. The average molecular weight is 541 g/mol. The zero-order valence-corrected chi connectivity index (χ0v) is 21.9. The Labute approximate surface area is 216 Å². The van der Waals surface area contributed by atoms with Crippen molar-refractivity contribution < 1.29 is 26.7 Å². The summed E-state index contributed by atoms with van der Waals surface area (Å²) in [7, 11) is -4.24. The lowest BCUT2D eigenvalue weighted by atomic mass is 9.78. The third-order valence-electron chi connectivity index (χ3n) is 7.05. The van der Waals surface area contributed by atoms with Crippen molar-refractivity contribution >= 4 is 27.5 Å². The summed E-state index contributed by atoms with van der Waals surface area (Å²) < 4.78 is 61.9. The van der Waals surface area contributed by atoms with Crippen LogP contribution in [0.2, 0.25) is 5.02 Å². The second-order valence-corrected chi connectivity index (χ2v) is 12.1. The van der Waals surface area contributed by atoms with Crippen molar-refractivity contribution in [2.45, 2.75) is 50.3 Å². The summed E-state index contributed by atoms with van der Waals surface area (Å²) in [5.74, 6) is -1.44. The molecule has 6 nitrogen and oxygen atoms in total. The van der Waals surface area contributed by atoms with E-state index in [1.807, 2.05) is 11.8 Å². The van der Waals surface area contributed by atoms with E-state index in [2.05, 4.69) is 0 Å². The molecule has 10 heteroatoms. The number of carbonyl (C=O) groups excluding carboxylic acids is 1. The molecule has 4 rings (SSSR count). The summed E-state index contributed by atoms with van der Waals surface area (Å²) in [4.78, 5) is 14.5. The van der Waals surface area contributed by atoms with Crippen molar-refractivity contribution in [3.8, 4) is 5.75 Å². The number of benzene rings is 2. The smallest absolute Gasteiger partial charge is 0.246 e. The molecule has 2 aromatic rings. The predicted molar refractivity (Wildman–Crippen MR) is 134 cm³/mol. The second kappa shape index (κ2) is 11.0. The van der Waals surface area contributed by atoms with Gasteiger partial charge in [0.25, 0.3) is 0 Å². The maximum atomic E-state index is 14.4. The molecule has 0 unspecified atom stereocenters. The van der Waals surface area contributed by atoms with Gasteiger partial charge in [0.1, 0.15) is 22.3 Å². The van der Waals surface area contributed by atoms with E-state index in [1.165, 1.54) is 4.31 Å². The van der Waals surface area contributed by atoms with Crippen LogP contribution in [0.1, 0.15) is 44.1 Å². The highest BCUT2D eigenvalue weighted by atomic mass is 35.5. The number of hydrogen-bond donors (Lipinski definition) is 0. The lowest BCUT2D eigenvalue weighted by Crippen LogP contribution is -2.51. The van der Waals surface area contributed by atoms with Crippen LogP contribution in [0.15, 0.2) is 41.3 Å². The fourth-order valence-corrected chi connectivity index (χ4v) is 6.78. The van der Waals surface area contributed by atoms with Gasteiger partial charge in [-0.3, -0.25) is 4.79 Å². The molecular weight excluding hydrogens is 510 g/mol. The van der Waals surface area contributed by atoms with Crippen LogP contribution in [0.3, 0.4) is 0 Å². The number of nitrogens with zero attached hydrogens (tertiary/aromatic N) is 2. The first-order valence-corrected chi connectivity index (χ1v) is 14.0. The van der Waals surface area contributed by atoms with E-state index in [0.29, 0.717) is 42.8 Å². The zero-order valence-electron chi connectivity index (χ0n) is 20.3. The van der Waals surface area contributed by atoms with Gasteiger partial charge in [-0.15, -0.1) is 0 Å². The molecule has 2 heterocycles. The number of hydrogen-bond acceptors (Lipinski definition) is 4. The molecule has 36 heavy (non-hydrogen) atoms. The highest BCUT2D eigenvalue weighted by Crippen LogP contribution is 2.38. The Morgan fingerprint density at radius 3 is 2.50 bits per heavy atom. The van der Waals surface area contributed by atoms with Crippen LogP contribution in [0.4, 0.5) is 8.78 Å². The number of ether oxygens (including phenoxy) is 1. The zero-order chi connectivity index (χ0) is 25.9. The molecule has 0 aromatic heterocycles. The maximum Gasteiger partial charge on any atom is 0.246 e. The standard InChI is InChI=1S/C26H31ClF2N2O4S/c1-19-14-21(7-8-22(19)27)35-18-26(16-25(32)30-11-3-2-4-12-30)10-5-13-31(17-26)36(33,34)24-9-6-20(28)15-23(24)29/h6-9,14-15H,2-5,10-13,16-18H2,1H3/t26-/m1/s1. The number of sulfonamides is 1. The Morgan fingerprint density at radius 1 is 1.06 bits per heavy atom. The van der Waals surface area contributed by atoms with Crippen molar-refractivity contribution in [3.05, 3.63) is 58.6 Å². The molecule has 1 amide bonds. The second-order valence-electron chi connectivity index (χ2n) is 9.83. The third-order valence-corrected chi connectivity index (χ3v) is 9.35. The Morgan fingerprint density at radius 2 is 1.81 bits per heavy atom. The van der Waals surface area contributed by atoms with Crippen LogP contribution < -0.4 is 4.74 Å². The minimum atomic E-state index is -4.24. The Bertz CT molecular complexity index is 1220. The van der Waals surface area contributed by atoms with Gasteiger partial charge in [-0.25, -0.2) is 17.2 Å². The maximum absolute atomic E-state index is 14.4. The predicted octanol–water partition coefficient (Wildman–Crippen LogP) is 5.18. The minimum absolute atomic E-state index is 0.00168. The van der Waals surface area contributed by atoms with E-state index < -0.39 is 32.0 Å². The summed E-state index contributed by atoms with van der Waals surface area (Å²) in [6.45, 7) is 3.53. The van der Waals surface area contributed by atoms with Crippen LogP contribution in [0.5, 0.6) is 5.75 Å². The molecule has 0 radical (unpaired) electrons. The summed E-state index contributed by atoms with van der Waals surface area (Å²) in [5.41, 5.74) is 0.0384. The molecule has 196 valence electrons. The molecule has 0 N–H and O–H groups in total. The van der Waals surface area contributed by atoms with Crippen molar-refractivity contribution in [2.24, 2.45) is 5.41 Å². The highest BCUT2D eigenvalue weighted by Gasteiger charge is 2.43. The van der Waals surface area contributed by atoms with E-state index in [1.54, 1.807) is 18.2 Å². The number of piperidine rings is 2. The normalized spacial score (nSPS) is 21.4. The topological polar surface area (TPSA) is 66.9 Å². The number of amides is 1. The van der Waals surface area contributed by atoms with Gasteiger partial charge >= 0.3 is 0 Å². The molecule has 2 aliphatic heterocycles. The number of carbonyl (C=O) groups is 1. The monoisotopic (exact) mass is 540 g/mol. The fourth-order valence-electron chi connectivity index (χ4n) is 5.02. The largest absolute Gasteiger partial charge is 0.493 e. The van der Waals surface area contributed by atoms with Crippen LogP contribution in [0.25, 0.3) is 0 Å². The number of aryl methyl sites for hydroxylation is 1. The molecule has 2 fully saturated rings.